The van der Waals surface area contributed by atoms with E-state index in [1.807, 2.05) is 18.3 Å². The maximum absolute atomic E-state index is 11.6. The van der Waals surface area contributed by atoms with Gasteiger partial charge in [0.25, 0.3) is 0 Å². The molecule has 1 aromatic rings. The van der Waals surface area contributed by atoms with Crippen molar-refractivity contribution >= 4 is 27.3 Å². The predicted octanol–water partition coefficient (Wildman–Crippen LogP) is 1.97. The first kappa shape index (κ1) is 23.1. The van der Waals surface area contributed by atoms with Crippen LogP contribution in [0.5, 0.6) is 0 Å². The Bertz CT molecular complexity index is 706. The highest BCUT2D eigenvalue weighted by atomic mass is 32.2. The van der Waals surface area contributed by atoms with Crippen LogP contribution in [0.2, 0.25) is 0 Å². The zero-order valence-corrected chi connectivity index (χ0v) is 19.2. The van der Waals surface area contributed by atoms with Crippen LogP contribution in [0.15, 0.2) is 22.5 Å². The number of piperidine rings is 1. The molecular weight excluding hydrogens is 394 g/mol. The van der Waals surface area contributed by atoms with Crippen LogP contribution in [0, 0.1) is 5.92 Å². The summed E-state index contributed by atoms with van der Waals surface area (Å²) in [5.41, 5.74) is 0. The number of sulfonamides is 1. The molecule has 9 heteroatoms. The summed E-state index contributed by atoms with van der Waals surface area (Å²) < 4.78 is 24.8. The number of guanidine groups is 1. The summed E-state index contributed by atoms with van der Waals surface area (Å²) in [7, 11) is 0.862. The van der Waals surface area contributed by atoms with E-state index >= 15 is 0 Å². The van der Waals surface area contributed by atoms with Crippen LogP contribution in [0.3, 0.4) is 0 Å². The molecule has 2 unspecified atom stereocenters. The molecule has 1 fully saturated rings. The van der Waals surface area contributed by atoms with Crippen molar-refractivity contribution < 1.29 is 8.42 Å². The second kappa shape index (κ2) is 11.1. The van der Waals surface area contributed by atoms with E-state index < -0.39 is 10.0 Å². The van der Waals surface area contributed by atoms with Gasteiger partial charge in [-0.3, -0.25) is 9.89 Å². The Morgan fingerprint density at radius 1 is 1.43 bits per heavy atom. The van der Waals surface area contributed by atoms with E-state index in [0.717, 1.165) is 25.5 Å². The van der Waals surface area contributed by atoms with Gasteiger partial charge in [-0.15, -0.1) is 11.3 Å². The quantitative estimate of drug-likeness (QED) is 0.357. The first-order valence-electron chi connectivity index (χ1n) is 10.00. The van der Waals surface area contributed by atoms with Crippen molar-refractivity contribution in [3.63, 3.8) is 0 Å². The Kier molecular flexibility index (Phi) is 9.20. The van der Waals surface area contributed by atoms with Crippen molar-refractivity contribution in [3.8, 4) is 0 Å². The Labute approximate surface area is 174 Å². The van der Waals surface area contributed by atoms with Gasteiger partial charge in [0.15, 0.2) is 5.96 Å². The van der Waals surface area contributed by atoms with Gasteiger partial charge >= 0.3 is 0 Å². The molecule has 160 valence electrons. The van der Waals surface area contributed by atoms with Gasteiger partial charge in [0.1, 0.15) is 0 Å². The first-order valence-corrected chi connectivity index (χ1v) is 12.7. The molecule has 0 radical (unpaired) electrons. The smallest absolute Gasteiger partial charge is 0.211 e. The van der Waals surface area contributed by atoms with Gasteiger partial charge < -0.3 is 10.6 Å². The van der Waals surface area contributed by atoms with E-state index in [0.29, 0.717) is 31.6 Å². The molecule has 28 heavy (non-hydrogen) atoms. The van der Waals surface area contributed by atoms with E-state index in [9.17, 15) is 8.42 Å². The highest BCUT2D eigenvalue weighted by molar-refractivity contribution is 7.88. The van der Waals surface area contributed by atoms with Gasteiger partial charge in [0, 0.05) is 44.1 Å². The largest absolute Gasteiger partial charge is 0.356 e. The zero-order valence-electron chi connectivity index (χ0n) is 17.5. The molecule has 2 rings (SSSR count). The van der Waals surface area contributed by atoms with Crippen LogP contribution in [0.25, 0.3) is 0 Å². The van der Waals surface area contributed by atoms with Crippen LogP contribution >= 0.6 is 11.3 Å². The van der Waals surface area contributed by atoms with E-state index in [-0.39, 0.29) is 0 Å². The maximum atomic E-state index is 11.6. The lowest BCUT2D eigenvalue weighted by Crippen LogP contribution is -2.45. The number of nitrogens with zero attached hydrogens (tertiary/aromatic N) is 3. The number of hydrogen-bond donors (Lipinski definition) is 2. The van der Waals surface area contributed by atoms with Gasteiger partial charge in [-0.25, -0.2) is 12.7 Å². The molecule has 7 nitrogen and oxygen atoms in total. The lowest BCUT2D eigenvalue weighted by Gasteiger charge is -2.39. The summed E-state index contributed by atoms with van der Waals surface area (Å²) in [4.78, 5) is 8.21. The number of hydrogen-bond acceptors (Lipinski definition) is 5. The van der Waals surface area contributed by atoms with E-state index in [4.69, 9.17) is 0 Å². The molecule has 0 spiro atoms. The average Bonchev–Trinajstić information content (AvgIpc) is 3.17. The lowest BCUT2D eigenvalue weighted by molar-refractivity contribution is 0.125. The van der Waals surface area contributed by atoms with Crippen molar-refractivity contribution in [1.82, 2.24) is 19.8 Å². The minimum atomic E-state index is -3.12. The molecule has 1 aliphatic rings. The number of likely N-dealkylation sites (tertiary alicyclic amines) is 1. The molecule has 1 aromatic heterocycles. The van der Waals surface area contributed by atoms with Crippen molar-refractivity contribution in [2.45, 2.75) is 32.2 Å². The summed E-state index contributed by atoms with van der Waals surface area (Å²) in [6, 6.07) is 4.81. The van der Waals surface area contributed by atoms with Crippen LogP contribution in [0.1, 0.15) is 37.1 Å². The van der Waals surface area contributed by atoms with Crippen molar-refractivity contribution in [2.75, 3.05) is 53.1 Å². The molecule has 0 aromatic carbocycles. The number of aliphatic imine (C=N–C) groups is 1. The third-order valence-corrected chi connectivity index (χ3v) is 7.62. The van der Waals surface area contributed by atoms with E-state index in [1.54, 1.807) is 7.05 Å². The molecule has 1 aliphatic heterocycles. The fourth-order valence-electron chi connectivity index (χ4n) is 3.85. The topological polar surface area (TPSA) is 77.0 Å². The third kappa shape index (κ3) is 6.72. The highest BCUT2D eigenvalue weighted by Crippen LogP contribution is 2.36. The first-order chi connectivity index (χ1) is 13.4. The summed E-state index contributed by atoms with van der Waals surface area (Å²) >= 11 is 1.83. The van der Waals surface area contributed by atoms with Gasteiger partial charge in [0.05, 0.1) is 6.26 Å². The van der Waals surface area contributed by atoms with Gasteiger partial charge in [-0.05, 0) is 50.2 Å². The minimum Gasteiger partial charge on any atom is -0.356 e. The highest BCUT2D eigenvalue weighted by Gasteiger charge is 2.31. The Balaban J connectivity index is 1.81. The Hall–Kier alpha value is -1.16. The fraction of sp³-hybridized carbons (Fsp3) is 0.737. The van der Waals surface area contributed by atoms with Crippen LogP contribution in [-0.2, 0) is 10.0 Å². The van der Waals surface area contributed by atoms with E-state index in [1.165, 1.54) is 28.3 Å². The standard InChI is InChI=1S/C19H35N5O2S2/c1-5-24(28(4,25)26)13-8-11-21-19(20-2)22-15-16-9-6-12-23(3)18(16)17-10-7-14-27-17/h7,10,14,16,18H,5-6,8-9,11-13,15H2,1-4H3,(H2,20,21,22). The van der Waals surface area contributed by atoms with Gasteiger partial charge in [-0.2, -0.15) is 0 Å². The molecule has 0 saturated carbocycles. The molecule has 0 aliphatic carbocycles. The van der Waals surface area contributed by atoms with Crippen LogP contribution < -0.4 is 10.6 Å². The molecule has 1 saturated heterocycles. The van der Waals surface area contributed by atoms with Crippen molar-refractivity contribution in [3.05, 3.63) is 22.4 Å². The summed E-state index contributed by atoms with van der Waals surface area (Å²) in [6.45, 7) is 5.58. The molecule has 0 amide bonds. The van der Waals surface area contributed by atoms with E-state index in [2.05, 4.69) is 45.1 Å². The normalized spacial score (nSPS) is 21.8. The Morgan fingerprint density at radius 2 is 2.21 bits per heavy atom. The zero-order chi connectivity index (χ0) is 20.6. The molecular formula is C19H35N5O2S2. The maximum Gasteiger partial charge on any atom is 0.211 e. The molecule has 2 N–H and O–H groups in total. The second-order valence-corrected chi connectivity index (χ2v) is 10.3. The van der Waals surface area contributed by atoms with Gasteiger partial charge in [-0.1, -0.05) is 13.0 Å². The van der Waals surface area contributed by atoms with Crippen LogP contribution in [-0.4, -0.2) is 76.7 Å². The minimum absolute atomic E-state index is 0.451. The molecule has 2 heterocycles. The molecule has 0 bridgehead atoms. The number of rotatable bonds is 9. The Morgan fingerprint density at radius 3 is 2.82 bits per heavy atom. The monoisotopic (exact) mass is 429 g/mol. The SMILES string of the molecule is CCN(CCCNC(=NC)NCC1CCCN(C)C1c1cccs1)S(C)(=O)=O. The summed E-state index contributed by atoms with van der Waals surface area (Å²) in [5.74, 6) is 1.32. The van der Waals surface area contributed by atoms with Gasteiger partial charge in [0.2, 0.25) is 10.0 Å². The number of nitrogens with one attached hydrogen (secondary N) is 2. The fourth-order valence-corrected chi connectivity index (χ4v) is 5.76. The number of thiophene rings is 1. The average molecular weight is 430 g/mol. The summed E-state index contributed by atoms with van der Waals surface area (Å²) in [6.07, 6.45) is 4.42. The van der Waals surface area contributed by atoms with Crippen molar-refractivity contribution in [1.29, 1.82) is 0 Å². The van der Waals surface area contributed by atoms with Crippen LogP contribution in [0.4, 0.5) is 0 Å². The molecule has 2 atom stereocenters. The predicted molar refractivity (Wildman–Crippen MR) is 118 cm³/mol. The third-order valence-electron chi connectivity index (χ3n) is 5.30. The summed E-state index contributed by atoms with van der Waals surface area (Å²) in [5, 5.41) is 8.93. The lowest BCUT2D eigenvalue weighted by atomic mass is 9.88. The second-order valence-electron chi connectivity index (χ2n) is 7.33. The van der Waals surface area contributed by atoms with Crippen molar-refractivity contribution in [2.24, 2.45) is 10.9 Å².